The molecule has 0 radical (unpaired) electrons. The van der Waals surface area contributed by atoms with Crippen molar-refractivity contribution in [3.63, 3.8) is 0 Å². The molecule has 4 heterocycles. The highest BCUT2D eigenvalue weighted by atomic mass is 16.7. The second kappa shape index (κ2) is 6.85. The summed E-state index contributed by atoms with van der Waals surface area (Å²) >= 11 is 0. The van der Waals surface area contributed by atoms with E-state index in [1.165, 1.54) is 0 Å². The molecule has 0 bridgehead atoms. The van der Waals surface area contributed by atoms with Gasteiger partial charge >= 0.3 is 0 Å². The molecule has 4 aliphatic rings. The van der Waals surface area contributed by atoms with Gasteiger partial charge in [-0.2, -0.15) is 0 Å². The number of methoxy groups -OCH3 is 2. The topological polar surface area (TPSA) is 73.8 Å². The van der Waals surface area contributed by atoms with Gasteiger partial charge < -0.3 is 37.9 Å². The monoisotopic (exact) mass is 414 g/mol. The third kappa shape index (κ3) is 2.60. The Labute approximate surface area is 173 Å². The van der Waals surface area contributed by atoms with Crippen LogP contribution >= 0.6 is 0 Å². The first kappa shape index (κ1) is 18.0. The maximum absolute atomic E-state index is 6.25. The van der Waals surface area contributed by atoms with Crippen LogP contribution in [-0.4, -0.2) is 41.0 Å². The van der Waals surface area contributed by atoms with Gasteiger partial charge in [0.1, 0.15) is 0 Å². The Morgan fingerprint density at radius 3 is 1.57 bits per heavy atom. The van der Waals surface area contributed by atoms with Gasteiger partial charge in [0.05, 0.1) is 39.6 Å². The van der Waals surface area contributed by atoms with Crippen molar-refractivity contribution in [2.75, 3.05) is 41.0 Å². The molecule has 30 heavy (non-hydrogen) atoms. The van der Waals surface area contributed by atoms with Gasteiger partial charge in [0.2, 0.25) is 25.1 Å². The van der Waals surface area contributed by atoms with Gasteiger partial charge in [0.15, 0.2) is 23.0 Å². The maximum atomic E-state index is 6.25. The van der Waals surface area contributed by atoms with Gasteiger partial charge in [-0.25, -0.2) is 0 Å². The van der Waals surface area contributed by atoms with E-state index in [0.717, 1.165) is 11.1 Å². The van der Waals surface area contributed by atoms with Crippen LogP contribution in [0.25, 0.3) is 0 Å². The van der Waals surface area contributed by atoms with Crippen LogP contribution in [0.15, 0.2) is 24.3 Å². The number of fused-ring (bicyclic) bond motifs is 3. The van der Waals surface area contributed by atoms with Crippen LogP contribution in [0.1, 0.15) is 23.3 Å². The molecule has 4 atom stereocenters. The lowest BCUT2D eigenvalue weighted by Crippen LogP contribution is -2.14. The molecule has 4 unspecified atom stereocenters. The lowest BCUT2D eigenvalue weighted by molar-refractivity contribution is 0.0190. The Morgan fingerprint density at radius 2 is 1.13 bits per heavy atom. The molecule has 0 N–H and O–H groups in total. The van der Waals surface area contributed by atoms with E-state index in [1.54, 1.807) is 14.2 Å². The highest BCUT2D eigenvalue weighted by Gasteiger charge is 2.49. The van der Waals surface area contributed by atoms with E-state index in [1.807, 2.05) is 24.3 Å². The largest absolute Gasteiger partial charge is 0.493 e. The molecule has 0 amide bonds. The van der Waals surface area contributed by atoms with Crippen molar-refractivity contribution in [3.8, 4) is 34.5 Å². The predicted molar refractivity (Wildman–Crippen MR) is 103 cm³/mol. The molecule has 2 aromatic carbocycles. The average molecular weight is 414 g/mol. The molecule has 8 heteroatoms. The van der Waals surface area contributed by atoms with Crippen LogP contribution in [0.2, 0.25) is 0 Å². The zero-order valence-electron chi connectivity index (χ0n) is 16.7. The van der Waals surface area contributed by atoms with Gasteiger partial charge in [-0.15, -0.1) is 0 Å². The number of hydrogen-bond acceptors (Lipinski definition) is 8. The summed E-state index contributed by atoms with van der Waals surface area (Å²) in [6.07, 6.45) is -0.196. The first-order chi connectivity index (χ1) is 14.8. The third-order valence-electron chi connectivity index (χ3n) is 6.28. The van der Waals surface area contributed by atoms with Crippen LogP contribution in [-0.2, 0) is 9.47 Å². The van der Waals surface area contributed by atoms with Crippen LogP contribution in [0.5, 0.6) is 34.5 Å². The number of ether oxygens (including phenoxy) is 8. The zero-order valence-corrected chi connectivity index (χ0v) is 16.7. The molecule has 8 nitrogen and oxygen atoms in total. The Kier molecular flexibility index (Phi) is 4.10. The Hall–Kier alpha value is -2.84. The number of rotatable bonds is 4. The highest BCUT2D eigenvalue weighted by molar-refractivity contribution is 5.57. The molecule has 0 aliphatic carbocycles. The van der Waals surface area contributed by atoms with Crippen molar-refractivity contribution in [2.24, 2.45) is 11.8 Å². The fourth-order valence-electron chi connectivity index (χ4n) is 4.86. The fourth-order valence-corrected chi connectivity index (χ4v) is 4.86. The molecule has 0 aromatic heterocycles. The fraction of sp³-hybridized carbons (Fsp3) is 0.455. The first-order valence-corrected chi connectivity index (χ1v) is 9.95. The molecule has 2 saturated heterocycles. The van der Waals surface area contributed by atoms with Gasteiger partial charge in [-0.3, -0.25) is 0 Å². The average Bonchev–Trinajstić information content (AvgIpc) is 3.55. The smallest absolute Gasteiger partial charge is 0.231 e. The third-order valence-corrected chi connectivity index (χ3v) is 6.28. The first-order valence-electron chi connectivity index (χ1n) is 9.95. The minimum Gasteiger partial charge on any atom is -0.493 e. The van der Waals surface area contributed by atoms with E-state index >= 15 is 0 Å². The van der Waals surface area contributed by atoms with Crippen molar-refractivity contribution in [3.05, 3.63) is 35.4 Å². The van der Waals surface area contributed by atoms with Crippen LogP contribution in [0, 0.1) is 11.8 Å². The van der Waals surface area contributed by atoms with Crippen molar-refractivity contribution >= 4 is 0 Å². The van der Waals surface area contributed by atoms with E-state index in [9.17, 15) is 0 Å². The molecule has 158 valence electrons. The summed E-state index contributed by atoms with van der Waals surface area (Å²) in [5.74, 6) is 4.41. The molecule has 6 rings (SSSR count). The lowest BCUT2D eigenvalue weighted by atomic mass is 9.84. The quantitative estimate of drug-likeness (QED) is 0.755. The number of benzene rings is 2. The molecular weight excluding hydrogens is 392 g/mol. The summed E-state index contributed by atoms with van der Waals surface area (Å²) in [4.78, 5) is 0. The van der Waals surface area contributed by atoms with E-state index in [0.29, 0.717) is 47.7 Å². The van der Waals surface area contributed by atoms with Crippen LogP contribution in [0.4, 0.5) is 0 Å². The summed E-state index contributed by atoms with van der Waals surface area (Å²) in [6, 6.07) is 7.90. The van der Waals surface area contributed by atoms with Gasteiger partial charge in [-0.05, 0) is 35.4 Å². The van der Waals surface area contributed by atoms with Crippen molar-refractivity contribution < 1.29 is 37.9 Å². The van der Waals surface area contributed by atoms with Crippen LogP contribution in [0.3, 0.4) is 0 Å². The normalized spacial score (nSPS) is 27.9. The molecule has 4 aliphatic heterocycles. The summed E-state index contributed by atoms with van der Waals surface area (Å²) in [5.41, 5.74) is 2.02. The maximum Gasteiger partial charge on any atom is 0.231 e. The lowest BCUT2D eigenvalue weighted by Gasteiger charge is -2.18. The van der Waals surface area contributed by atoms with Crippen molar-refractivity contribution in [1.82, 2.24) is 0 Å². The Balaban J connectivity index is 1.30. The molecule has 0 saturated carbocycles. The molecule has 2 fully saturated rings. The number of hydrogen-bond donors (Lipinski definition) is 0. The van der Waals surface area contributed by atoms with Crippen LogP contribution < -0.4 is 28.4 Å². The zero-order chi connectivity index (χ0) is 20.2. The minimum absolute atomic E-state index is 0.0979. The predicted octanol–water partition coefficient (Wildman–Crippen LogP) is 3.24. The van der Waals surface area contributed by atoms with E-state index in [-0.39, 0.29) is 37.6 Å². The van der Waals surface area contributed by atoms with Gasteiger partial charge in [-0.1, -0.05) is 0 Å². The molecule has 2 aromatic rings. The Bertz CT molecular complexity index is 910. The minimum atomic E-state index is -0.0979. The summed E-state index contributed by atoms with van der Waals surface area (Å²) in [5, 5.41) is 0. The van der Waals surface area contributed by atoms with Crippen molar-refractivity contribution in [2.45, 2.75) is 12.2 Å². The highest BCUT2D eigenvalue weighted by Crippen LogP contribution is 2.54. The summed E-state index contributed by atoms with van der Waals surface area (Å²) in [6.45, 7) is 1.61. The van der Waals surface area contributed by atoms with E-state index in [4.69, 9.17) is 37.9 Å². The summed E-state index contributed by atoms with van der Waals surface area (Å²) in [7, 11) is 3.25. The second-order valence-electron chi connectivity index (χ2n) is 7.75. The Morgan fingerprint density at radius 1 is 0.667 bits per heavy atom. The SMILES string of the molecule is COc1cc(C2OCC3C(c4cc(OC)c5c(c4)OCO5)OCC23)cc2c1OCO2. The standard InChI is InChI=1S/C22H22O8/c1-23-15-3-11(5-17-21(15)29-9-27-17)19-13-7-26-20(14(13)8-25-19)12-4-16(24-2)22-18(6-12)28-10-30-22/h3-6,13-14,19-20H,7-10H2,1-2H3. The van der Waals surface area contributed by atoms with Crippen molar-refractivity contribution in [1.29, 1.82) is 0 Å². The second-order valence-corrected chi connectivity index (χ2v) is 7.75. The van der Waals surface area contributed by atoms with E-state index in [2.05, 4.69) is 0 Å². The van der Waals surface area contributed by atoms with Gasteiger partial charge in [0, 0.05) is 11.8 Å². The summed E-state index contributed by atoms with van der Waals surface area (Å²) < 4.78 is 45.7. The molecule has 0 spiro atoms. The molecular formula is C22H22O8. The van der Waals surface area contributed by atoms with Gasteiger partial charge in [0.25, 0.3) is 0 Å². The van der Waals surface area contributed by atoms with E-state index < -0.39 is 0 Å².